The molecule has 0 saturated carbocycles. The maximum absolute atomic E-state index is 10.9. The number of rotatable bonds is 4. The van der Waals surface area contributed by atoms with Gasteiger partial charge in [0.05, 0.1) is 5.25 Å². The molecular weight excluding hydrogens is 204 g/mol. The number of nitrogens with two attached hydrogens (primary N) is 1. The van der Waals surface area contributed by atoms with E-state index in [1.165, 1.54) is 11.8 Å². The van der Waals surface area contributed by atoms with Crippen molar-refractivity contribution in [2.24, 2.45) is 5.73 Å². The van der Waals surface area contributed by atoms with Crippen molar-refractivity contribution in [2.45, 2.75) is 29.9 Å². The Morgan fingerprint density at radius 2 is 2.54 bits per heavy atom. The third-order valence-electron chi connectivity index (χ3n) is 1.53. The molecule has 1 rings (SSSR count). The Bertz CT molecular complexity index is 298. The van der Waals surface area contributed by atoms with E-state index in [-0.39, 0.29) is 11.2 Å². The lowest BCUT2D eigenvalue weighted by Crippen LogP contribution is -2.24. The summed E-state index contributed by atoms with van der Waals surface area (Å²) in [7, 11) is 0. The van der Waals surface area contributed by atoms with Gasteiger partial charge in [-0.2, -0.15) is 0 Å². The van der Waals surface area contributed by atoms with Gasteiger partial charge in [0, 0.05) is 11.1 Å². The number of carbonyl (C=O) groups excluding carboxylic acids is 1. The first-order valence-electron chi connectivity index (χ1n) is 4.01. The van der Waals surface area contributed by atoms with Crippen LogP contribution in [0.15, 0.2) is 9.72 Å². The van der Waals surface area contributed by atoms with Crippen molar-refractivity contribution in [1.82, 2.24) is 4.98 Å². The van der Waals surface area contributed by atoms with E-state index in [2.05, 4.69) is 4.98 Å². The van der Waals surface area contributed by atoms with Gasteiger partial charge in [0.25, 0.3) is 0 Å². The molecule has 0 saturated heterocycles. The first kappa shape index (κ1) is 10.5. The fourth-order valence-corrected chi connectivity index (χ4v) is 2.81. The van der Waals surface area contributed by atoms with E-state index in [0.29, 0.717) is 0 Å². The van der Waals surface area contributed by atoms with Crippen molar-refractivity contribution in [1.29, 1.82) is 0 Å². The fourth-order valence-electron chi connectivity index (χ4n) is 0.851. The monoisotopic (exact) mass is 216 g/mol. The number of hydrogen-bond acceptors (Lipinski definition) is 4. The number of aromatic nitrogens is 1. The molecule has 0 fully saturated rings. The van der Waals surface area contributed by atoms with E-state index in [1.807, 2.05) is 19.2 Å². The molecule has 0 aliphatic carbocycles. The lowest BCUT2D eigenvalue weighted by atomic mass is 10.3. The molecule has 1 unspecified atom stereocenters. The predicted octanol–water partition coefficient (Wildman–Crippen LogP) is 1.81. The summed E-state index contributed by atoms with van der Waals surface area (Å²) < 4.78 is 0.920. The maximum atomic E-state index is 10.9. The van der Waals surface area contributed by atoms with Crippen LogP contribution >= 0.6 is 23.1 Å². The van der Waals surface area contributed by atoms with Crippen molar-refractivity contribution in [3.8, 4) is 0 Å². The highest BCUT2D eigenvalue weighted by Crippen LogP contribution is 2.27. The minimum atomic E-state index is -0.264. The lowest BCUT2D eigenvalue weighted by Gasteiger charge is -2.06. The Morgan fingerprint density at radius 1 is 1.85 bits per heavy atom. The summed E-state index contributed by atoms with van der Waals surface area (Å²) in [6.45, 7) is 3.88. The Labute approximate surface area is 85.7 Å². The number of amides is 1. The van der Waals surface area contributed by atoms with Gasteiger partial charge in [-0.3, -0.25) is 4.79 Å². The van der Waals surface area contributed by atoms with Gasteiger partial charge in [-0.15, -0.1) is 11.3 Å². The van der Waals surface area contributed by atoms with Crippen molar-refractivity contribution >= 4 is 29.0 Å². The average molecular weight is 216 g/mol. The summed E-state index contributed by atoms with van der Waals surface area (Å²) in [5.74, 6) is -0.264. The van der Waals surface area contributed by atoms with Crippen molar-refractivity contribution in [2.75, 3.05) is 0 Å². The van der Waals surface area contributed by atoms with Crippen LogP contribution in [0.4, 0.5) is 0 Å². The summed E-state index contributed by atoms with van der Waals surface area (Å²) in [6.07, 6.45) is 0.749. The fraction of sp³-hybridized carbons (Fsp3) is 0.500. The van der Waals surface area contributed by atoms with E-state index in [9.17, 15) is 4.79 Å². The zero-order valence-corrected chi connectivity index (χ0v) is 9.24. The highest BCUT2D eigenvalue weighted by atomic mass is 32.2. The van der Waals surface area contributed by atoms with Crippen LogP contribution in [0.3, 0.4) is 0 Å². The van der Waals surface area contributed by atoms with Crippen LogP contribution in [0.5, 0.6) is 0 Å². The number of thioether (sulfide) groups is 1. The molecule has 0 radical (unpaired) electrons. The van der Waals surface area contributed by atoms with Gasteiger partial charge in [0.2, 0.25) is 5.91 Å². The molecule has 72 valence electrons. The van der Waals surface area contributed by atoms with Crippen molar-refractivity contribution in [3.05, 3.63) is 11.1 Å². The van der Waals surface area contributed by atoms with Crippen molar-refractivity contribution in [3.63, 3.8) is 0 Å². The molecule has 1 atom stereocenters. The van der Waals surface area contributed by atoms with Crippen LogP contribution in [-0.4, -0.2) is 16.1 Å². The minimum Gasteiger partial charge on any atom is -0.369 e. The summed E-state index contributed by atoms with van der Waals surface area (Å²) in [6, 6.07) is 0. The molecule has 5 heteroatoms. The van der Waals surface area contributed by atoms with Gasteiger partial charge in [0.15, 0.2) is 4.34 Å². The van der Waals surface area contributed by atoms with Crippen LogP contribution in [0.1, 0.15) is 19.0 Å². The molecule has 1 aromatic heterocycles. The second-order valence-electron chi connectivity index (χ2n) is 2.67. The molecule has 0 aliphatic heterocycles. The zero-order valence-electron chi connectivity index (χ0n) is 7.61. The second-order valence-corrected chi connectivity index (χ2v) is 4.98. The maximum Gasteiger partial charge on any atom is 0.230 e. The average Bonchev–Trinajstić information content (AvgIpc) is 2.46. The Hall–Kier alpha value is -0.550. The summed E-state index contributed by atoms with van der Waals surface area (Å²) in [5, 5.41) is 1.82. The van der Waals surface area contributed by atoms with Crippen LogP contribution in [0.2, 0.25) is 0 Å². The van der Waals surface area contributed by atoms with E-state index < -0.39 is 0 Å². The summed E-state index contributed by atoms with van der Waals surface area (Å²) >= 11 is 3.01. The molecule has 13 heavy (non-hydrogen) atoms. The molecule has 3 nitrogen and oxygen atoms in total. The lowest BCUT2D eigenvalue weighted by molar-refractivity contribution is -0.117. The van der Waals surface area contributed by atoms with E-state index in [0.717, 1.165) is 16.5 Å². The Kier molecular flexibility index (Phi) is 3.74. The number of thiazole rings is 1. The van der Waals surface area contributed by atoms with E-state index in [1.54, 1.807) is 11.3 Å². The summed E-state index contributed by atoms with van der Waals surface area (Å²) in [5.41, 5.74) is 6.21. The molecule has 0 spiro atoms. The smallest absolute Gasteiger partial charge is 0.230 e. The first-order chi connectivity index (χ1) is 6.13. The molecule has 1 heterocycles. The SMILES string of the molecule is CCC(Sc1nc(C)cs1)C(N)=O. The van der Waals surface area contributed by atoms with E-state index >= 15 is 0 Å². The standard InChI is InChI=1S/C8H12N2OS2/c1-3-6(7(9)11)13-8-10-5(2)4-12-8/h4,6H,3H2,1-2H3,(H2,9,11). The van der Waals surface area contributed by atoms with Crippen LogP contribution in [0.25, 0.3) is 0 Å². The van der Waals surface area contributed by atoms with Gasteiger partial charge in [0.1, 0.15) is 0 Å². The highest BCUT2D eigenvalue weighted by molar-refractivity contribution is 8.02. The third kappa shape index (κ3) is 3.00. The van der Waals surface area contributed by atoms with Crippen molar-refractivity contribution < 1.29 is 4.79 Å². The Morgan fingerprint density at radius 3 is 2.92 bits per heavy atom. The van der Waals surface area contributed by atoms with Gasteiger partial charge in [-0.1, -0.05) is 18.7 Å². The third-order valence-corrected chi connectivity index (χ3v) is 4.00. The second kappa shape index (κ2) is 4.62. The zero-order chi connectivity index (χ0) is 9.84. The number of aryl methyl sites for hydroxylation is 1. The molecule has 1 aromatic rings. The topological polar surface area (TPSA) is 56.0 Å². The van der Waals surface area contributed by atoms with Gasteiger partial charge < -0.3 is 5.73 Å². The number of nitrogens with zero attached hydrogens (tertiary/aromatic N) is 1. The quantitative estimate of drug-likeness (QED) is 0.781. The minimum absolute atomic E-state index is 0.148. The first-order valence-corrected chi connectivity index (χ1v) is 5.77. The number of hydrogen-bond donors (Lipinski definition) is 1. The predicted molar refractivity (Wildman–Crippen MR) is 56.0 cm³/mol. The molecule has 1 amide bonds. The highest BCUT2D eigenvalue weighted by Gasteiger charge is 2.15. The van der Waals surface area contributed by atoms with E-state index in [4.69, 9.17) is 5.73 Å². The van der Waals surface area contributed by atoms with Crippen LogP contribution in [0, 0.1) is 6.92 Å². The summed E-state index contributed by atoms with van der Waals surface area (Å²) in [4.78, 5) is 15.2. The largest absolute Gasteiger partial charge is 0.369 e. The van der Waals surface area contributed by atoms with Crippen LogP contribution in [-0.2, 0) is 4.79 Å². The molecule has 0 aromatic carbocycles. The van der Waals surface area contributed by atoms with Crippen LogP contribution < -0.4 is 5.73 Å². The Balaban J connectivity index is 2.61. The van der Waals surface area contributed by atoms with Gasteiger partial charge in [-0.05, 0) is 13.3 Å². The molecule has 0 bridgehead atoms. The molecule has 2 N–H and O–H groups in total. The normalized spacial score (nSPS) is 12.8. The van der Waals surface area contributed by atoms with Gasteiger partial charge in [-0.25, -0.2) is 4.98 Å². The van der Waals surface area contributed by atoms with Gasteiger partial charge >= 0.3 is 0 Å². The number of primary amides is 1. The molecule has 0 aliphatic rings. The molecular formula is C8H12N2OS2. The number of carbonyl (C=O) groups is 1.